The van der Waals surface area contributed by atoms with Gasteiger partial charge in [-0.3, -0.25) is 9.88 Å². The summed E-state index contributed by atoms with van der Waals surface area (Å²) in [4.78, 5) is 17.5. The number of aromatic nitrogens is 3. The average molecular weight is 350 g/mol. The summed E-state index contributed by atoms with van der Waals surface area (Å²) in [5.41, 5.74) is 2.69. The Balaban J connectivity index is 1.47. The topological polar surface area (TPSA) is 63.2 Å². The predicted octanol–water partition coefficient (Wildman–Crippen LogP) is 2.10. The third kappa shape index (κ3) is 3.76. The van der Waals surface area contributed by atoms with Crippen LogP contribution in [0.25, 0.3) is 17.1 Å². The van der Waals surface area contributed by atoms with Crippen molar-refractivity contribution in [3.8, 4) is 17.1 Å². The molecule has 1 saturated heterocycles. The molecule has 26 heavy (non-hydrogen) atoms. The highest BCUT2D eigenvalue weighted by molar-refractivity contribution is 5.54. The molecule has 6 heteroatoms. The monoisotopic (exact) mass is 350 g/mol. The minimum atomic E-state index is -0.232. The predicted molar refractivity (Wildman–Crippen MR) is 101 cm³/mol. The second-order valence-electron chi connectivity index (χ2n) is 6.43. The van der Waals surface area contributed by atoms with Crippen LogP contribution >= 0.6 is 0 Å². The lowest BCUT2D eigenvalue weighted by molar-refractivity contribution is 0.0384. The Hall–Kier alpha value is -2.70. The van der Waals surface area contributed by atoms with E-state index in [1.165, 1.54) is 10.2 Å². The van der Waals surface area contributed by atoms with Crippen molar-refractivity contribution in [2.75, 3.05) is 32.8 Å². The Bertz CT molecular complexity index is 894. The molecule has 1 fully saturated rings. The van der Waals surface area contributed by atoms with Crippen molar-refractivity contribution in [3.05, 3.63) is 70.6 Å². The number of benzene rings is 2. The van der Waals surface area contributed by atoms with Crippen molar-refractivity contribution in [2.45, 2.75) is 6.42 Å². The van der Waals surface area contributed by atoms with Crippen LogP contribution in [-0.2, 0) is 11.2 Å². The van der Waals surface area contributed by atoms with E-state index >= 15 is 0 Å². The van der Waals surface area contributed by atoms with Crippen LogP contribution in [0, 0.1) is 0 Å². The molecule has 4 rings (SSSR count). The van der Waals surface area contributed by atoms with Gasteiger partial charge in [0, 0.05) is 25.2 Å². The van der Waals surface area contributed by atoms with Crippen LogP contribution in [0.2, 0.25) is 0 Å². The first-order valence-electron chi connectivity index (χ1n) is 8.94. The van der Waals surface area contributed by atoms with Crippen molar-refractivity contribution < 1.29 is 4.74 Å². The molecular formula is C20H22N4O2. The molecule has 0 amide bonds. The van der Waals surface area contributed by atoms with Crippen molar-refractivity contribution in [1.82, 2.24) is 19.7 Å². The van der Waals surface area contributed by atoms with E-state index in [9.17, 15) is 4.79 Å². The number of H-pyrrole nitrogens is 1. The van der Waals surface area contributed by atoms with Crippen molar-refractivity contribution >= 4 is 0 Å². The molecule has 6 nitrogen and oxygen atoms in total. The van der Waals surface area contributed by atoms with E-state index in [1.807, 2.05) is 42.5 Å². The van der Waals surface area contributed by atoms with Gasteiger partial charge in [0.25, 0.3) is 0 Å². The number of rotatable bonds is 5. The normalized spacial score (nSPS) is 15.2. The van der Waals surface area contributed by atoms with Gasteiger partial charge in [-0.05, 0) is 24.1 Å². The van der Waals surface area contributed by atoms with Gasteiger partial charge in [0.1, 0.15) is 0 Å². The number of hydrogen-bond donors (Lipinski definition) is 1. The molecule has 1 N–H and O–H groups in total. The summed E-state index contributed by atoms with van der Waals surface area (Å²) in [5.74, 6) is 0.576. The molecule has 0 aliphatic carbocycles. The SMILES string of the molecule is O=c1[nH]c(-c2ccccc2)nn1-c1ccc(CCN2CCOCC2)cc1. The Morgan fingerprint density at radius 2 is 1.73 bits per heavy atom. The average Bonchev–Trinajstić information content (AvgIpc) is 3.10. The summed E-state index contributed by atoms with van der Waals surface area (Å²) in [6.07, 6.45) is 0.991. The zero-order valence-electron chi connectivity index (χ0n) is 14.6. The van der Waals surface area contributed by atoms with Gasteiger partial charge >= 0.3 is 5.69 Å². The molecule has 0 radical (unpaired) electrons. The van der Waals surface area contributed by atoms with Gasteiger partial charge in [-0.2, -0.15) is 4.68 Å². The van der Waals surface area contributed by atoms with E-state index in [1.54, 1.807) is 0 Å². The van der Waals surface area contributed by atoms with E-state index in [0.717, 1.165) is 50.5 Å². The van der Waals surface area contributed by atoms with Crippen LogP contribution in [-0.4, -0.2) is 52.5 Å². The molecular weight excluding hydrogens is 328 g/mol. The van der Waals surface area contributed by atoms with Gasteiger partial charge in [0.2, 0.25) is 0 Å². The smallest absolute Gasteiger partial charge is 0.348 e. The first-order valence-corrected chi connectivity index (χ1v) is 8.94. The van der Waals surface area contributed by atoms with E-state index in [-0.39, 0.29) is 5.69 Å². The molecule has 134 valence electrons. The Labute approximate surface area is 152 Å². The minimum Gasteiger partial charge on any atom is -0.379 e. The van der Waals surface area contributed by atoms with Gasteiger partial charge in [-0.15, -0.1) is 5.10 Å². The van der Waals surface area contributed by atoms with E-state index in [4.69, 9.17) is 4.74 Å². The van der Waals surface area contributed by atoms with Gasteiger partial charge in [-0.25, -0.2) is 4.79 Å². The summed E-state index contributed by atoms with van der Waals surface area (Å²) in [6, 6.07) is 17.7. The van der Waals surface area contributed by atoms with Crippen molar-refractivity contribution in [1.29, 1.82) is 0 Å². The molecule has 1 aromatic heterocycles. The molecule has 2 heterocycles. The fourth-order valence-electron chi connectivity index (χ4n) is 3.14. The number of hydrogen-bond acceptors (Lipinski definition) is 4. The highest BCUT2D eigenvalue weighted by atomic mass is 16.5. The van der Waals surface area contributed by atoms with Gasteiger partial charge < -0.3 is 4.74 Å². The lowest BCUT2D eigenvalue weighted by atomic mass is 10.1. The standard InChI is InChI=1S/C20H22N4O2/c25-20-21-19(17-4-2-1-3-5-17)22-24(20)18-8-6-16(7-9-18)10-11-23-12-14-26-15-13-23/h1-9H,10-15H2,(H,21,22,25). The lowest BCUT2D eigenvalue weighted by Gasteiger charge is -2.26. The van der Waals surface area contributed by atoms with E-state index < -0.39 is 0 Å². The fourth-order valence-corrected chi connectivity index (χ4v) is 3.14. The number of nitrogens with one attached hydrogen (secondary N) is 1. The van der Waals surface area contributed by atoms with Crippen LogP contribution in [0.4, 0.5) is 0 Å². The molecule has 0 bridgehead atoms. The Morgan fingerprint density at radius 3 is 2.46 bits per heavy atom. The molecule has 1 aliphatic rings. The molecule has 0 spiro atoms. The van der Waals surface area contributed by atoms with Crippen LogP contribution in [0.1, 0.15) is 5.56 Å². The maximum Gasteiger partial charge on any atom is 0.348 e. The number of ether oxygens (including phenoxy) is 1. The summed E-state index contributed by atoms with van der Waals surface area (Å²) in [5, 5.41) is 4.43. The number of morpholine rings is 1. The first kappa shape index (κ1) is 16.8. The highest BCUT2D eigenvalue weighted by Crippen LogP contribution is 2.14. The summed E-state index contributed by atoms with van der Waals surface area (Å²) >= 11 is 0. The first-order chi connectivity index (χ1) is 12.8. The van der Waals surface area contributed by atoms with Crippen molar-refractivity contribution in [3.63, 3.8) is 0 Å². The molecule has 3 aromatic rings. The van der Waals surface area contributed by atoms with Crippen molar-refractivity contribution in [2.24, 2.45) is 0 Å². The third-order valence-electron chi connectivity index (χ3n) is 4.67. The fraction of sp³-hybridized carbons (Fsp3) is 0.300. The van der Waals surface area contributed by atoms with E-state index in [2.05, 4.69) is 27.1 Å². The summed E-state index contributed by atoms with van der Waals surface area (Å²) < 4.78 is 6.79. The molecule has 0 unspecified atom stereocenters. The van der Waals surface area contributed by atoms with Gasteiger partial charge in [-0.1, -0.05) is 42.5 Å². The second kappa shape index (κ2) is 7.68. The Kier molecular flexibility index (Phi) is 4.95. The molecule has 0 atom stereocenters. The third-order valence-corrected chi connectivity index (χ3v) is 4.67. The van der Waals surface area contributed by atoms with Crippen LogP contribution < -0.4 is 5.69 Å². The second-order valence-corrected chi connectivity index (χ2v) is 6.43. The van der Waals surface area contributed by atoms with Crippen LogP contribution in [0.5, 0.6) is 0 Å². The zero-order chi connectivity index (χ0) is 17.8. The van der Waals surface area contributed by atoms with Crippen LogP contribution in [0.15, 0.2) is 59.4 Å². The zero-order valence-corrected chi connectivity index (χ0v) is 14.6. The van der Waals surface area contributed by atoms with E-state index in [0.29, 0.717) is 5.82 Å². The highest BCUT2D eigenvalue weighted by Gasteiger charge is 2.11. The molecule has 2 aromatic carbocycles. The van der Waals surface area contributed by atoms with Crippen LogP contribution in [0.3, 0.4) is 0 Å². The number of nitrogens with zero attached hydrogens (tertiary/aromatic N) is 3. The Morgan fingerprint density at radius 1 is 1.00 bits per heavy atom. The van der Waals surface area contributed by atoms with Gasteiger partial charge in [0.05, 0.1) is 18.9 Å². The minimum absolute atomic E-state index is 0.232. The maximum absolute atomic E-state index is 12.3. The maximum atomic E-state index is 12.3. The summed E-state index contributed by atoms with van der Waals surface area (Å²) in [7, 11) is 0. The van der Waals surface area contributed by atoms with Gasteiger partial charge in [0.15, 0.2) is 5.82 Å². The largest absolute Gasteiger partial charge is 0.379 e. The summed E-state index contributed by atoms with van der Waals surface area (Å²) in [6.45, 7) is 4.69. The lowest BCUT2D eigenvalue weighted by Crippen LogP contribution is -2.37. The molecule has 1 aliphatic heterocycles. The quantitative estimate of drug-likeness (QED) is 0.765. The number of aromatic amines is 1. The molecule has 0 saturated carbocycles.